The average Bonchev–Trinajstić information content (AvgIpc) is 2.79. The van der Waals surface area contributed by atoms with E-state index in [1.165, 1.54) is 12.1 Å². The molecule has 1 heterocycles. The smallest absolute Gasteiger partial charge is 0.256 e. The van der Waals surface area contributed by atoms with Gasteiger partial charge in [0.25, 0.3) is 5.91 Å². The molecule has 1 N–H and O–H groups in total. The average molecular weight is 308 g/mol. The van der Waals surface area contributed by atoms with E-state index in [9.17, 15) is 13.6 Å². The number of hydrogen-bond acceptors (Lipinski definition) is 3. The number of amides is 1. The third kappa shape index (κ3) is 3.69. The van der Waals surface area contributed by atoms with Gasteiger partial charge in [-0.15, -0.1) is 0 Å². The number of nitrogens with one attached hydrogen (secondary N) is 1. The maximum Gasteiger partial charge on any atom is 0.256 e. The van der Waals surface area contributed by atoms with Crippen LogP contribution in [0.4, 0.5) is 8.78 Å². The zero-order valence-corrected chi connectivity index (χ0v) is 12.7. The first-order valence-corrected chi connectivity index (χ1v) is 7.07. The summed E-state index contributed by atoms with van der Waals surface area (Å²) in [6, 6.07) is 3.32. The molecule has 4 nitrogen and oxygen atoms in total. The highest BCUT2D eigenvalue weighted by molar-refractivity contribution is 5.96. The molecule has 0 unspecified atom stereocenters. The maximum atomic E-state index is 13.1. The fraction of sp³-hybridized carbons (Fsp3) is 0.375. The summed E-state index contributed by atoms with van der Waals surface area (Å²) in [7, 11) is 0. The van der Waals surface area contributed by atoms with Crippen molar-refractivity contribution >= 4 is 5.91 Å². The van der Waals surface area contributed by atoms with Crippen LogP contribution < -0.4 is 5.32 Å². The van der Waals surface area contributed by atoms with E-state index >= 15 is 0 Å². The quantitative estimate of drug-likeness (QED) is 0.921. The Kier molecular flexibility index (Phi) is 4.90. The predicted molar refractivity (Wildman–Crippen MR) is 77.7 cm³/mol. The van der Waals surface area contributed by atoms with Gasteiger partial charge in [0.15, 0.2) is 5.76 Å². The lowest BCUT2D eigenvalue weighted by Gasteiger charge is -2.07. The van der Waals surface area contributed by atoms with E-state index < -0.39 is 11.6 Å². The number of hydrogen-bond donors (Lipinski definition) is 1. The van der Waals surface area contributed by atoms with Crippen molar-refractivity contribution in [2.24, 2.45) is 0 Å². The van der Waals surface area contributed by atoms with Crippen LogP contribution in [0.25, 0.3) is 0 Å². The van der Waals surface area contributed by atoms with E-state index in [1.807, 2.05) is 13.8 Å². The summed E-state index contributed by atoms with van der Waals surface area (Å²) in [6.07, 6.45) is 0.335. The molecule has 0 saturated carbocycles. The molecule has 2 rings (SSSR count). The van der Waals surface area contributed by atoms with Crippen molar-refractivity contribution < 1.29 is 18.1 Å². The van der Waals surface area contributed by atoms with Crippen molar-refractivity contribution in [3.63, 3.8) is 0 Å². The van der Waals surface area contributed by atoms with Crippen LogP contribution in [0.1, 0.15) is 47.1 Å². The maximum absolute atomic E-state index is 13.1. The first-order chi connectivity index (χ1) is 10.4. The molecule has 0 aliphatic rings. The molecule has 6 heteroatoms. The first kappa shape index (κ1) is 16.1. The number of aryl methyl sites for hydroxylation is 1. The molecule has 0 radical (unpaired) electrons. The van der Waals surface area contributed by atoms with Crippen LogP contribution in [-0.4, -0.2) is 17.6 Å². The van der Waals surface area contributed by atoms with Gasteiger partial charge in [-0.25, -0.2) is 8.78 Å². The van der Waals surface area contributed by atoms with Crippen molar-refractivity contribution in [1.82, 2.24) is 10.5 Å². The Balaban J connectivity index is 2.00. The van der Waals surface area contributed by atoms with Crippen LogP contribution in [0.2, 0.25) is 0 Å². The van der Waals surface area contributed by atoms with E-state index in [0.29, 0.717) is 29.0 Å². The van der Waals surface area contributed by atoms with Gasteiger partial charge >= 0.3 is 0 Å². The second-order valence-electron chi connectivity index (χ2n) is 5.45. The molecular formula is C16H18F2N2O2. The molecule has 1 amide bonds. The van der Waals surface area contributed by atoms with Gasteiger partial charge in [0.2, 0.25) is 0 Å². The molecule has 0 aliphatic heterocycles. The van der Waals surface area contributed by atoms with Crippen molar-refractivity contribution in [3.8, 4) is 0 Å². The minimum Gasteiger partial charge on any atom is -0.360 e. The Hall–Kier alpha value is -2.24. The molecule has 0 bridgehead atoms. The summed E-state index contributed by atoms with van der Waals surface area (Å²) < 4.78 is 31.3. The van der Waals surface area contributed by atoms with Gasteiger partial charge in [0, 0.05) is 18.5 Å². The van der Waals surface area contributed by atoms with Gasteiger partial charge in [-0.05, 0) is 31.0 Å². The van der Waals surface area contributed by atoms with Crippen LogP contribution in [-0.2, 0) is 6.42 Å². The summed E-state index contributed by atoms with van der Waals surface area (Å²) in [5.74, 6) is -0.970. The largest absolute Gasteiger partial charge is 0.360 e. The van der Waals surface area contributed by atoms with E-state index in [0.717, 1.165) is 6.07 Å². The Morgan fingerprint density at radius 1 is 1.27 bits per heavy atom. The van der Waals surface area contributed by atoms with Crippen molar-refractivity contribution in [2.75, 3.05) is 6.54 Å². The Morgan fingerprint density at radius 3 is 2.50 bits per heavy atom. The summed E-state index contributed by atoms with van der Waals surface area (Å²) in [6.45, 7) is 5.79. The third-order valence-electron chi connectivity index (χ3n) is 3.26. The minimum absolute atomic E-state index is 0.0410. The van der Waals surface area contributed by atoms with E-state index in [2.05, 4.69) is 10.5 Å². The van der Waals surface area contributed by atoms with E-state index in [1.54, 1.807) is 6.92 Å². The lowest BCUT2D eigenvalue weighted by molar-refractivity contribution is 0.0951. The molecule has 0 atom stereocenters. The predicted octanol–water partition coefficient (Wildman–Crippen LogP) is 3.36. The molecule has 0 saturated heterocycles. The second kappa shape index (κ2) is 6.68. The number of halogens is 2. The van der Waals surface area contributed by atoms with Gasteiger partial charge in [-0.3, -0.25) is 4.79 Å². The highest BCUT2D eigenvalue weighted by Gasteiger charge is 2.22. The number of carbonyl (C=O) groups excluding carboxylic acids is 1. The highest BCUT2D eigenvalue weighted by atomic mass is 19.1. The second-order valence-corrected chi connectivity index (χ2v) is 5.45. The number of carbonyl (C=O) groups is 1. The zero-order chi connectivity index (χ0) is 16.3. The number of aromatic nitrogens is 1. The zero-order valence-electron chi connectivity index (χ0n) is 12.7. The molecule has 0 aliphatic carbocycles. The molecule has 118 valence electrons. The van der Waals surface area contributed by atoms with Crippen molar-refractivity contribution in [1.29, 1.82) is 0 Å². The van der Waals surface area contributed by atoms with Gasteiger partial charge in [-0.1, -0.05) is 19.0 Å². The Labute approximate surface area is 127 Å². The van der Waals surface area contributed by atoms with Crippen LogP contribution in [0, 0.1) is 18.6 Å². The molecule has 1 aromatic carbocycles. The lowest BCUT2D eigenvalue weighted by Crippen LogP contribution is -2.27. The van der Waals surface area contributed by atoms with Gasteiger partial charge in [0.05, 0.1) is 5.69 Å². The number of rotatable bonds is 5. The van der Waals surface area contributed by atoms with Gasteiger partial charge < -0.3 is 9.84 Å². The number of benzene rings is 1. The van der Waals surface area contributed by atoms with Crippen LogP contribution in [0.5, 0.6) is 0 Å². The van der Waals surface area contributed by atoms with Gasteiger partial charge in [0.1, 0.15) is 17.2 Å². The highest BCUT2D eigenvalue weighted by Crippen LogP contribution is 2.22. The third-order valence-corrected chi connectivity index (χ3v) is 3.26. The summed E-state index contributed by atoms with van der Waals surface area (Å²) >= 11 is 0. The fourth-order valence-electron chi connectivity index (χ4n) is 2.22. The normalized spacial score (nSPS) is 11.0. The van der Waals surface area contributed by atoms with Gasteiger partial charge in [-0.2, -0.15) is 0 Å². The molecule has 2 aromatic rings. The molecule has 0 spiro atoms. The number of nitrogens with zero attached hydrogens (tertiary/aromatic N) is 1. The van der Waals surface area contributed by atoms with Crippen molar-refractivity contribution in [3.05, 3.63) is 52.4 Å². The fourth-order valence-corrected chi connectivity index (χ4v) is 2.22. The summed E-state index contributed by atoms with van der Waals surface area (Å²) in [5.41, 5.74) is 1.45. The molecule has 1 aromatic heterocycles. The van der Waals surface area contributed by atoms with E-state index in [-0.39, 0.29) is 18.4 Å². The van der Waals surface area contributed by atoms with Crippen LogP contribution in [0.3, 0.4) is 0 Å². The molecule has 22 heavy (non-hydrogen) atoms. The summed E-state index contributed by atoms with van der Waals surface area (Å²) in [5, 5.41) is 6.54. The SMILES string of the molecule is Cc1noc(C(C)C)c1C(=O)NCCc1cc(F)cc(F)c1. The minimum atomic E-state index is -0.627. The molecule has 0 fully saturated rings. The van der Waals surface area contributed by atoms with E-state index in [4.69, 9.17) is 4.52 Å². The Morgan fingerprint density at radius 2 is 1.91 bits per heavy atom. The van der Waals surface area contributed by atoms with Crippen molar-refractivity contribution in [2.45, 2.75) is 33.1 Å². The standard InChI is InChI=1S/C16H18F2N2O2/c1-9(2)15-14(10(3)20-22-15)16(21)19-5-4-11-6-12(17)8-13(18)7-11/h6-9H,4-5H2,1-3H3,(H,19,21). The lowest BCUT2D eigenvalue weighted by atomic mass is 10.0. The van der Waals surface area contributed by atoms with Crippen LogP contribution >= 0.6 is 0 Å². The molecular weight excluding hydrogens is 290 g/mol. The first-order valence-electron chi connectivity index (χ1n) is 7.07. The van der Waals surface area contributed by atoms with Crippen LogP contribution in [0.15, 0.2) is 22.7 Å². The summed E-state index contributed by atoms with van der Waals surface area (Å²) in [4.78, 5) is 12.2. The monoisotopic (exact) mass is 308 g/mol. The topological polar surface area (TPSA) is 55.1 Å². The Bertz CT molecular complexity index is 661.